The zero-order valence-electron chi connectivity index (χ0n) is 17.0. The Balaban J connectivity index is 1.45. The van der Waals surface area contributed by atoms with Crippen LogP contribution < -0.4 is 14.9 Å². The molecule has 1 fully saturated rings. The summed E-state index contributed by atoms with van der Waals surface area (Å²) in [7, 11) is -3.96. The number of nitrogens with zero attached hydrogens (tertiary/aromatic N) is 2. The molecule has 0 radical (unpaired) electrons. The van der Waals surface area contributed by atoms with Crippen molar-refractivity contribution in [2.75, 3.05) is 36.5 Å². The number of halogens is 1. The average molecular weight is 477 g/mol. The van der Waals surface area contributed by atoms with Crippen molar-refractivity contribution in [1.29, 1.82) is 0 Å². The minimum absolute atomic E-state index is 0.00465. The zero-order valence-corrected chi connectivity index (χ0v) is 18.5. The summed E-state index contributed by atoms with van der Waals surface area (Å²) >= 11 is 6.10. The Morgan fingerprint density at radius 3 is 2.66 bits per heavy atom. The summed E-state index contributed by atoms with van der Waals surface area (Å²) in [4.78, 5) is 19.0. The maximum Gasteiger partial charge on any atom is 0.255 e. The van der Waals surface area contributed by atoms with Crippen LogP contribution in [0.1, 0.15) is 16.1 Å². The summed E-state index contributed by atoms with van der Waals surface area (Å²) in [6.45, 7) is 2.78. The van der Waals surface area contributed by atoms with E-state index >= 15 is 0 Å². The molecule has 32 heavy (non-hydrogen) atoms. The number of ether oxygens (including phenoxy) is 1. The van der Waals surface area contributed by atoms with E-state index < -0.39 is 15.9 Å². The highest BCUT2D eigenvalue weighted by Crippen LogP contribution is 2.24. The number of rotatable bonds is 7. The standard InChI is InChI=1S/C21H21ClN4O5S/c22-18-5-3-15(12-19(18)32(28,29)24-14-17-2-1-9-31-17)21(27)25-16-4-6-20(23-13-16)26-7-10-30-11-8-26/h1-6,9,12-13,24H,7-8,10-11,14H2,(H,25,27). The van der Waals surface area contributed by atoms with Crippen molar-refractivity contribution in [3.05, 3.63) is 71.3 Å². The second-order valence-corrected chi connectivity index (χ2v) is 9.15. The van der Waals surface area contributed by atoms with Crippen molar-refractivity contribution in [3.8, 4) is 0 Å². The molecule has 0 unspecified atom stereocenters. The lowest BCUT2D eigenvalue weighted by molar-refractivity contribution is 0.102. The maximum atomic E-state index is 12.7. The van der Waals surface area contributed by atoms with Crippen LogP contribution in [-0.2, 0) is 21.3 Å². The van der Waals surface area contributed by atoms with Gasteiger partial charge in [-0.3, -0.25) is 4.79 Å². The van der Waals surface area contributed by atoms with E-state index in [2.05, 4.69) is 19.9 Å². The molecule has 0 bridgehead atoms. The van der Waals surface area contributed by atoms with E-state index in [4.69, 9.17) is 20.8 Å². The number of amides is 1. The first-order chi connectivity index (χ1) is 15.4. The second kappa shape index (κ2) is 9.70. The van der Waals surface area contributed by atoms with E-state index in [1.807, 2.05) is 6.07 Å². The van der Waals surface area contributed by atoms with Gasteiger partial charge in [0.2, 0.25) is 10.0 Å². The lowest BCUT2D eigenvalue weighted by atomic mass is 10.2. The van der Waals surface area contributed by atoms with Crippen molar-refractivity contribution in [2.45, 2.75) is 11.4 Å². The molecule has 1 saturated heterocycles. The first kappa shape index (κ1) is 22.3. The third-order valence-corrected chi connectivity index (χ3v) is 6.72. The number of benzene rings is 1. The summed E-state index contributed by atoms with van der Waals surface area (Å²) in [5.74, 6) is 0.769. The second-order valence-electron chi connectivity index (χ2n) is 7.01. The number of morpholine rings is 1. The molecule has 0 saturated carbocycles. The fourth-order valence-corrected chi connectivity index (χ4v) is 4.67. The summed E-state index contributed by atoms with van der Waals surface area (Å²) in [5, 5.41) is 2.73. The molecule has 168 valence electrons. The fraction of sp³-hybridized carbons (Fsp3) is 0.238. The smallest absolute Gasteiger partial charge is 0.255 e. The maximum absolute atomic E-state index is 12.7. The molecule has 4 rings (SSSR count). The molecule has 1 aliphatic heterocycles. The number of hydrogen-bond acceptors (Lipinski definition) is 7. The number of carbonyl (C=O) groups is 1. The molecule has 0 atom stereocenters. The first-order valence-corrected chi connectivity index (χ1v) is 11.7. The van der Waals surface area contributed by atoms with E-state index in [9.17, 15) is 13.2 Å². The minimum Gasteiger partial charge on any atom is -0.468 e. The van der Waals surface area contributed by atoms with Crippen LogP contribution in [0.25, 0.3) is 0 Å². The number of anilines is 2. The van der Waals surface area contributed by atoms with Crippen LogP contribution in [0.5, 0.6) is 0 Å². The van der Waals surface area contributed by atoms with Crippen LogP contribution in [0.3, 0.4) is 0 Å². The van der Waals surface area contributed by atoms with Gasteiger partial charge in [-0.05, 0) is 42.5 Å². The van der Waals surface area contributed by atoms with Crippen molar-refractivity contribution in [3.63, 3.8) is 0 Å². The number of sulfonamides is 1. The SMILES string of the molecule is O=C(Nc1ccc(N2CCOCC2)nc1)c1ccc(Cl)c(S(=O)(=O)NCc2ccco2)c1. The third kappa shape index (κ3) is 5.28. The van der Waals surface area contributed by atoms with Gasteiger partial charge >= 0.3 is 0 Å². The molecule has 1 aliphatic rings. The van der Waals surface area contributed by atoms with Crippen molar-refractivity contribution in [2.24, 2.45) is 0 Å². The molecule has 2 aromatic heterocycles. The summed E-state index contributed by atoms with van der Waals surface area (Å²) < 4.78 is 38.2. The molecular weight excluding hydrogens is 456 g/mol. The number of furan rings is 1. The Hall–Kier alpha value is -2.92. The minimum atomic E-state index is -3.96. The lowest BCUT2D eigenvalue weighted by Gasteiger charge is -2.27. The highest BCUT2D eigenvalue weighted by molar-refractivity contribution is 7.89. The van der Waals surface area contributed by atoms with Crippen LogP contribution in [0.15, 0.2) is 64.2 Å². The van der Waals surface area contributed by atoms with Crippen LogP contribution in [0.4, 0.5) is 11.5 Å². The molecular formula is C21H21ClN4O5S. The van der Waals surface area contributed by atoms with E-state index in [0.29, 0.717) is 24.7 Å². The molecule has 1 amide bonds. The topological polar surface area (TPSA) is 114 Å². The predicted octanol–water partition coefficient (Wildman–Crippen LogP) is 2.90. The van der Waals surface area contributed by atoms with Crippen molar-refractivity contribution < 1.29 is 22.4 Å². The number of carbonyl (C=O) groups excluding carboxylic acids is 1. The van der Waals surface area contributed by atoms with Gasteiger partial charge in [0, 0.05) is 18.7 Å². The zero-order chi connectivity index (χ0) is 22.6. The Morgan fingerprint density at radius 1 is 1.16 bits per heavy atom. The van der Waals surface area contributed by atoms with E-state index in [0.717, 1.165) is 18.9 Å². The van der Waals surface area contributed by atoms with Gasteiger partial charge in [0.25, 0.3) is 5.91 Å². The number of aromatic nitrogens is 1. The van der Waals surface area contributed by atoms with Gasteiger partial charge in [-0.25, -0.2) is 18.1 Å². The van der Waals surface area contributed by atoms with Gasteiger partial charge in [-0.15, -0.1) is 0 Å². The lowest BCUT2D eigenvalue weighted by Crippen LogP contribution is -2.36. The van der Waals surface area contributed by atoms with Gasteiger partial charge < -0.3 is 19.4 Å². The molecule has 2 N–H and O–H groups in total. The summed E-state index contributed by atoms with van der Waals surface area (Å²) in [6.07, 6.45) is 3.01. The van der Waals surface area contributed by atoms with Crippen LogP contribution >= 0.6 is 11.6 Å². The van der Waals surface area contributed by atoms with Gasteiger partial charge in [0.15, 0.2) is 0 Å². The van der Waals surface area contributed by atoms with Gasteiger partial charge in [0.05, 0.1) is 42.9 Å². The largest absolute Gasteiger partial charge is 0.468 e. The highest BCUT2D eigenvalue weighted by Gasteiger charge is 2.21. The number of pyridine rings is 1. The predicted molar refractivity (Wildman–Crippen MR) is 119 cm³/mol. The van der Waals surface area contributed by atoms with Crippen LogP contribution in [-0.4, -0.2) is 45.6 Å². The first-order valence-electron chi connectivity index (χ1n) is 9.84. The van der Waals surface area contributed by atoms with Crippen LogP contribution in [0, 0.1) is 0 Å². The quantitative estimate of drug-likeness (QED) is 0.539. The Labute approximate surface area is 190 Å². The molecule has 3 aromatic rings. The molecule has 11 heteroatoms. The average Bonchev–Trinajstić information content (AvgIpc) is 3.33. The van der Waals surface area contributed by atoms with Crippen molar-refractivity contribution in [1.82, 2.24) is 9.71 Å². The number of hydrogen-bond donors (Lipinski definition) is 2. The van der Waals surface area contributed by atoms with E-state index in [1.165, 1.54) is 24.5 Å². The monoisotopic (exact) mass is 476 g/mol. The summed E-state index contributed by atoms with van der Waals surface area (Å²) in [5.41, 5.74) is 0.632. The molecule has 9 nitrogen and oxygen atoms in total. The molecule has 0 spiro atoms. The van der Waals surface area contributed by atoms with Gasteiger partial charge in [-0.2, -0.15) is 0 Å². The van der Waals surface area contributed by atoms with Crippen LogP contribution in [0.2, 0.25) is 5.02 Å². The van der Waals surface area contributed by atoms with Crippen molar-refractivity contribution >= 4 is 39.0 Å². The Morgan fingerprint density at radius 2 is 1.97 bits per heavy atom. The molecule has 0 aliphatic carbocycles. The third-order valence-electron chi connectivity index (χ3n) is 4.84. The Bertz CT molecular complexity index is 1180. The molecule has 1 aromatic carbocycles. The normalized spacial score (nSPS) is 14.3. The van der Waals surface area contributed by atoms with E-state index in [1.54, 1.807) is 24.4 Å². The Kier molecular flexibility index (Phi) is 6.75. The van der Waals surface area contributed by atoms with Gasteiger partial charge in [-0.1, -0.05) is 11.6 Å². The van der Waals surface area contributed by atoms with E-state index in [-0.39, 0.29) is 22.0 Å². The summed E-state index contributed by atoms with van der Waals surface area (Å²) in [6, 6.07) is 10.9. The highest BCUT2D eigenvalue weighted by atomic mass is 35.5. The molecule has 3 heterocycles. The number of nitrogens with one attached hydrogen (secondary N) is 2. The fourth-order valence-electron chi connectivity index (χ4n) is 3.15. The van der Waals surface area contributed by atoms with Gasteiger partial charge in [0.1, 0.15) is 16.5 Å².